The van der Waals surface area contributed by atoms with Crippen molar-refractivity contribution < 1.29 is 23.1 Å². The van der Waals surface area contributed by atoms with Crippen molar-refractivity contribution in [1.29, 1.82) is 0 Å². The van der Waals surface area contributed by atoms with Crippen LogP contribution < -0.4 is 0 Å². The second-order valence-corrected chi connectivity index (χ2v) is 22.5. The van der Waals surface area contributed by atoms with Crippen molar-refractivity contribution in [1.82, 2.24) is 0 Å². The summed E-state index contributed by atoms with van der Waals surface area (Å²) in [5.41, 5.74) is 1.78. The minimum atomic E-state index is -1.65. The van der Waals surface area contributed by atoms with Crippen LogP contribution in [0.25, 0.3) is 0 Å². The smallest absolute Gasteiger partial charge is 0.242 e. The molecule has 4 aliphatic rings. The summed E-state index contributed by atoms with van der Waals surface area (Å²) in [6.45, 7) is 18.4. The highest BCUT2D eigenvalue weighted by Crippen LogP contribution is 2.65. The lowest BCUT2D eigenvalue weighted by molar-refractivity contribution is -0.119. The van der Waals surface area contributed by atoms with E-state index in [2.05, 4.69) is 64.4 Å². The number of ether oxygens (including phenoxy) is 3. The summed E-state index contributed by atoms with van der Waals surface area (Å²) >= 11 is 0. The van der Waals surface area contributed by atoms with Crippen LogP contribution in [-0.4, -0.2) is 50.4 Å². The monoisotopic (exact) mass is 534 g/mol. The first kappa shape index (κ1) is 28.1. The molecule has 2 saturated carbocycles. The lowest BCUT2D eigenvalue weighted by Gasteiger charge is -2.58. The number of hydrogen-bond acceptors (Lipinski definition) is 5. The molecule has 5 unspecified atom stereocenters. The Morgan fingerprint density at radius 1 is 0.917 bits per heavy atom. The zero-order chi connectivity index (χ0) is 26.2. The third kappa shape index (κ3) is 5.90. The largest absolute Gasteiger partial charge is 0.547 e. The molecule has 0 radical (unpaired) electrons. The Kier molecular flexibility index (Phi) is 8.38. The normalized spacial score (nSPS) is 34.1. The highest BCUT2D eigenvalue weighted by Gasteiger charge is 2.59. The van der Waals surface area contributed by atoms with Crippen molar-refractivity contribution in [3.8, 4) is 0 Å². The minimum Gasteiger partial charge on any atom is -0.547 e. The van der Waals surface area contributed by atoms with Crippen molar-refractivity contribution in [2.45, 2.75) is 84.7 Å². The highest BCUT2D eigenvalue weighted by molar-refractivity contribution is 6.70. The number of methoxy groups -OCH3 is 1. The first-order valence-electron chi connectivity index (χ1n) is 14.0. The molecule has 7 heteroatoms. The summed E-state index contributed by atoms with van der Waals surface area (Å²) in [5, 5.41) is 0. The SMILES string of the molecule is COCCOCOCC12CC=C(O[Si](C)(C)C)C=C1CCC1C3CC=C(O[Si](C)(C)C)C3(C)CCC12. The predicted molar refractivity (Wildman–Crippen MR) is 150 cm³/mol. The third-order valence-corrected chi connectivity index (χ3v) is 10.5. The Morgan fingerprint density at radius 3 is 2.36 bits per heavy atom. The average Bonchev–Trinajstić information content (AvgIpc) is 3.10. The second-order valence-electron chi connectivity index (χ2n) is 13.6. The van der Waals surface area contributed by atoms with Crippen LogP contribution in [0.2, 0.25) is 39.3 Å². The van der Waals surface area contributed by atoms with E-state index in [0.717, 1.165) is 31.6 Å². The molecule has 0 aliphatic heterocycles. The van der Waals surface area contributed by atoms with Crippen molar-refractivity contribution in [3.05, 3.63) is 35.3 Å². The summed E-state index contributed by atoms with van der Waals surface area (Å²) in [4.78, 5) is 0. The van der Waals surface area contributed by atoms with Gasteiger partial charge >= 0.3 is 0 Å². The van der Waals surface area contributed by atoms with Gasteiger partial charge in [0.25, 0.3) is 0 Å². The number of rotatable bonds is 11. The third-order valence-electron chi connectivity index (χ3n) is 8.83. The molecule has 4 aliphatic carbocycles. The molecule has 2 fully saturated rings. The van der Waals surface area contributed by atoms with E-state index in [4.69, 9.17) is 23.1 Å². The van der Waals surface area contributed by atoms with Crippen molar-refractivity contribution in [3.63, 3.8) is 0 Å². The summed E-state index contributed by atoms with van der Waals surface area (Å²) in [7, 11) is -1.58. The van der Waals surface area contributed by atoms with E-state index in [1.54, 1.807) is 12.7 Å². The molecule has 36 heavy (non-hydrogen) atoms. The summed E-state index contributed by atoms with van der Waals surface area (Å²) < 4.78 is 30.2. The molecule has 0 aromatic heterocycles. The number of fused-ring (bicyclic) bond motifs is 5. The van der Waals surface area contributed by atoms with Gasteiger partial charge in [-0.2, -0.15) is 0 Å². The van der Waals surface area contributed by atoms with Crippen LogP contribution in [0.1, 0.15) is 45.4 Å². The van der Waals surface area contributed by atoms with E-state index in [1.807, 2.05) is 0 Å². The van der Waals surface area contributed by atoms with Crippen LogP contribution in [0.5, 0.6) is 0 Å². The Hall–Kier alpha value is -0.866. The Balaban J connectivity index is 1.55. The molecule has 0 aromatic carbocycles. The van der Waals surface area contributed by atoms with Gasteiger partial charge in [-0.25, -0.2) is 0 Å². The summed E-state index contributed by atoms with van der Waals surface area (Å²) in [6.07, 6.45) is 14.2. The van der Waals surface area contributed by atoms with Gasteiger partial charge in [-0.1, -0.05) is 12.5 Å². The van der Waals surface area contributed by atoms with Gasteiger partial charge in [0, 0.05) is 17.9 Å². The zero-order valence-electron chi connectivity index (χ0n) is 24.1. The van der Waals surface area contributed by atoms with Gasteiger partial charge in [-0.05, 0) is 114 Å². The molecule has 0 heterocycles. The first-order valence-corrected chi connectivity index (χ1v) is 20.8. The standard InChI is InChI=1S/C29H50O5Si2/c1-28-15-14-26-24(25(28)11-12-27(28)34-36(6,7)8)10-9-22-19-23(33-35(3,4)5)13-16-29(22,26)20-32-21-31-18-17-30-2/h12-13,19,24-26H,9-11,14-18,20-21H2,1-8H3. The van der Waals surface area contributed by atoms with E-state index in [-0.39, 0.29) is 10.8 Å². The van der Waals surface area contributed by atoms with Gasteiger partial charge in [0.15, 0.2) is 0 Å². The van der Waals surface area contributed by atoms with E-state index >= 15 is 0 Å². The van der Waals surface area contributed by atoms with Crippen LogP contribution in [0, 0.1) is 28.6 Å². The average molecular weight is 535 g/mol. The van der Waals surface area contributed by atoms with Crippen molar-refractivity contribution >= 4 is 16.6 Å². The molecular weight excluding hydrogens is 484 g/mol. The highest BCUT2D eigenvalue weighted by atomic mass is 28.4. The second kappa shape index (κ2) is 10.7. The molecule has 0 saturated heterocycles. The van der Waals surface area contributed by atoms with Gasteiger partial charge in [0.1, 0.15) is 6.79 Å². The topological polar surface area (TPSA) is 46.2 Å². The molecule has 0 amide bonds. The van der Waals surface area contributed by atoms with E-state index in [0.29, 0.717) is 37.8 Å². The predicted octanol–water partition coefficient (Wildman–Crippen LogP) is 7.26. The molecule has 5 atom stereocenters. The van der Waals surface area contributed by atoms with Crippen LogP contribution in [0.4, 0.5) is 0 Å². The Bertz CT molecular complexity index is 883. The molecule has 204 valence electrons. The Labute approximate surface area is 221 Å². The van der Waals surface area contributed by atoms with Gasteiger partial charge in [0.2, 0.25) is 16.6 Å². The molecule has 0 bridgehead atoms. The van der Waals surface area contributed by atoms with E-state index in [9.17, 15) is 0 Å². The van der Waals surface area contributed by atoms with Crippen molar-refractivity contribution in [2.75, 3.05) is 33.7 Å². The molecular formula is C29H50O5Si2. The lowest BCUT2D eigenvalue weighted by atomic mass is 9.47. The van der Waals surface area contributed by atoms with Crippen molar-refractivity contribution in [2.24, 2.45) is 28.6 Å². The minimum absolute atomic E-state index is 0.0452. The fraction of sp³-hybridized carbons (Fsp3) is 0.793. The zero-order valence-corrected chi connectivity index (χ0v) is 26.1. The maximum atomic E-state index is 6.67. The van der Waals surface area contributed by atoms with Gasteiger partial charge in [0.05, 0.1) is 31.3 Å². The molecule has 5 nitrogen and oxygen atoms in total. The first-order chi connectivity index (χ1) is 16.9. The van der Waals surface area contributed by atoms with Gasteiger partial charge in [-0.3, -0.25) is 0 Å². The number of allylic oxidation sites excluding steroid dienone is 4. The fourth-order valence-corrected chi connectivity index (χ4v) is 9.21. The van der Waals surface area contributed by atoms with Crippen LogP contribution in [-0.2, 0) is 23.1 Å². The maximum absolute atomic E-state index is 6.67. The summed E-state index contributed by atoms with van der Waals surface area (Å²) in [6, 6.07) is 0. The maximum Gasteiger partial charge on any atom is 0.242 e. The molecule has 0 spiro atoms. The quantitative estimate of drug-likeness (QED) is 0.159. The van der Waals surface area contributed by atoms with Crippen LogP contribution >= 0.6 is 0 Å². The van der Waals surface area contributed by atoms with Gasteiger partial charge in [-0.15, -0.1) is 0 Å². The molecule has 0 N–H and O–H groups in total. The lowest BCUT2D eigenvalue weighted by Crippen LogP contribution is -2.52. The Morgan fingerprint density at radius 2 is 1.67 bits per heavy atom. The molecule has 4 rings (SSSR count). The van der Waals surface area contributed by atoms with E-state index in [1.165, 1.54) is 25.0 Å². The molecule has 0 aromatic rings. The summed E-state index contributed by atoms with van der Waals surface area (Å²) in [5.74, 6) is 4.38. The van der Waals surface area contributed by atoms with Gasteiger partial charge < -0.3 is 23.1 Å². The fourth-order valence-electron chi connectivity index (χ4n) is 7.38. The number of hydrogen-bond donors (Lipinski definition) is 0. The van der Waals surface area contributed by atoms with E-state index < -0.39 is 16.6 Å². The van der Waals surface area contributed by atoms with Crippen LogP contribution in [0.3, 0.4) is 0 Å². The van der Waals surface area contributed by atoms with Crippen LogP contribution in [0.15, 0.2) is 35.3 Å².